The lowest BCUT2D eigenvalue weighted by Gasteiger charge is -2.12. The molecule has 6 heteroatoms. The predicted octanol–water partition coefficient (Wildman–Crippen LogP) is 7.85. The van der Waals surface area contributed by atoms with Crippen molar-refractivity contribution in [1.82, 2.24) is 0 Å². The lowest BCUT2D eigenvalue weighted by Crippen LogP contribution is -2.08. The van der Waals surface area contributed by atoms with Crippen LogP contribution < -0.4 is 10.1 Å². The van der Waals surface area contributed by atoms with Crippen LogP contribution >= 0.6 is 23.2 Å². The highest BCUT2D eigenvalue weighted by Crippen LogP contribution is 2.37. The van der Waals surface area contributed by atoms with E-state index in [2.05, 4.69) is 5.32 Å². The topological polar surface area (TPSA) is 51.5 Å². The molecule has 0 aliphatic heterocycles. The fourth-order valence-corrected chi connectivity index (χ4v) is 4.08. The van der Waals surface area contributed by atoms with Gasteiger partial charge >= 0.3 is 0 Å². The molecule has 0 unspecified atom stereocenters. The molecule has 1 heterocycles. The smallest absolute Gasteiger partial charge is 0.248 e. The SMILES string of the molecule is CCOc1cc2occ(-c3ccccc3)c2cc1/C(C)=C/C(=O)Nc1cc(Cl)cc(Cl)c1. The fourth-order valence-electron chi connectivity index (χ4n) is 3.56. The maximum atomic E-state index is 12.7. The van der Waals surface area contributed by atoms with Gasteiger partial charge in [-0.05, 0) is 49.2 Å². The summed E-state index contributed by atoms with van der Waals surface area (Å²) in [6, 6.07) is 18.8. The first-order valence-corrected chi connectivity index (χ1v) is 10.9. The molecule has 0 aliphatic carbocycles. The third-order valence-corrected chi connectivity index (χ3v) is 5.40. The molecular formula is C26H21Cl2NO3. The third kappa shape index (κ3) is 4.82. The van der Waals surface area contributed by atoms with Crippen LogP contribution in [0.3, 0.4) is 0 Å². The number of fused-ring (bicyclic) bond motifs is 1. The molecule has 3 aromatic carbocycles. The molecule has 1 aromatic heterocycles. The number of furan rings is 1. The van der Waals surface area contributed by atoms with Gasteiger partial charge in [-0.1, -0.05) is 53.5 Å². The highest BCUT2D eigenvalue weighted by molar-refractivity contribution is 6.35. The zero-order valence-electron chi connectivity index (χ0n) is 17.6. The Hall–Kier alpha value is -3.21. The Labute approximate surface area is 196 Å². The van der Waals surface area contributed by atoms with E-state index >= 15 is 0 Å². The van der Waals surface area contributed by atoms with Gasteiger partial charge in [0.2, 0.25) is 5.91 Å². The molecule has 0 radical (unpaired) electrons. The lowest BCUT2D eigenvalue weighted by molar-refractivity contribution is -0.111. The number of rotatable bonds is 6. The Morgan fingerprint density at radius 3 is 2.47 bits per heavy atom. The second-order valence-electron chi connectivity index (χ2n) is 7.27. The van der Waals surface area contributed by atoms with Crippen molar-refractivity contribution in [2.75, 3.05) is 11.9 Å². The van der Waals surface area contributed by atoms with Crippen molar-refractivity contribution >= 4 is 51.3 Å². The number of allylic oxidation sites excluding steroid dienone is 1. The highest BCUT2D eigenvalue weighted by Gasteiger charge is 2.15. The third-order valence-electron chi connectivity index (χ3n) is 4.96. The van der Waals surface area contributed by atoms with E-state index in [1.54, 1.807) is 24.5 Å². The van der Waals surface area contributed by atoms with Crippen molar-refractivity contribution in [3.63, 3.8) is 0 Å². The van der Waals surface area contributed by atoms with Gasteiger partial charge in [0.15, 0.2) is 0 Å². The van der Waals surface area contributed by atoms with Crippen LogP contribution in [0.1, 0.15) is 19.4 Å². The van der Waals surface area contributed by atoms with Crippen LogP contribution in [0.5, 0.6) is 5.75 Å². The number of nitrogens with one attached hydrogen (secondary N) is 1. The number of anilines is 1. The molecule has 162 valence electrons. The number of carbonyl (C=O) groups is 1. The molecule has 0 spiro atoms. The Kier molecular flexibility index (Phi) is 6.54. The van der Waals surface area contributed by atoms with E-state index in [-0.39, 0.29) is 5.91 Å². The molecule has 0 atom stereocenters. The van der Waals surface area contributed by atoms with Gasteiger partial charge in [-0.2, -0.15) is 0 Å². The quantitative estimate of drug-likeness (QED) is 0.295. The monoisotopic (exact) mass is 465 g/mol. The van der Waals surface area contributed by atoms with Gasteiger partial charge in [-0.25, -0.2) is 0 Å². The number of hydrogen-bond acceptors (Lipinski definition) is 3. The van der Waals surface area contributed by atoms with E-state index in [9.17, 15) is 4.79 Å². The Morgan fingerprint density at radius 2 is 1.78 bits per heavy atom. The Balaban J connectivity index is 1.72. The zero-order valence-corrected chi connectivity index (χ0v) is 19.1. The largest absolute Gasteiger partial charge is 0.493 e. The van der Waals surface area contributed by atoms with Gasteiger partial charge in [-0.3, -0.25) is 4.79 Å². The summed E-state index contributed by atoms with van der Waals surface area (Å²) in [6.45, 7) is 4.28. The number of halogens is 2. The van der Waals surface area contributed by atoms with Crippen LogP contribution in [0, 0.1) is 0 Å². The molecule has 4 aromatic rings. The van der Waals surface area contributed by atoms with Gasteiger partial charge in [0.25, 0.3) is 0 Å². The lowest BCUT2D eigenvalue weighted by atomic mass is 9.99. The molecule has 0 bridgehead atoms. The summed E-state index contributed by atoms with van der Waals surface area (Å²) in [5.41, 5.74) is 4.85. The second kappa shape index (κ2) is 9.51. The number of amides is 1. The van der Waals surface area contributed by atoms with Crippen molar-refractivity contribution in [2.45, 2.75) is 13.8 Å². The summed E-state index contributed by atoms with van der Waals surface area (Å²) in [4.78, 5) is 12.7. The first-order valence-electron chi connectivity index (χ1n) is 10.1. The number of ether oxygens (including phenoxy) is 1. The summed E-state index contributed by atoms with van der Waals surface area (Å²) >= 11 is 12.0. The minimum Gasteiger partial charge on any atom is -0.493 e. The Morgan fingerprint density at radius 1 is 1.06 bits per heavy atom. The number of benzene rings is 3. The second-order valence-corrected chi connectivity index (χ2v) is 8.14. The van der Waals surface area contributed by atoms with Gasteiger partial charge in [0.05, 0.1) is 12.9 Å². The molecule has 0 saturated carbocycles. The summed E-state index contributed by atoms with van der Waals surface area (Å²) in [5.74, 6) is 0.361. The molecule has 4 rings (SSSR count). The van der Waals surface area contributed by atoms with Crippen molar-refractivity contribution in [3.05, 3.63) is 88.6 Å². The maximum absolute atomic E-state index is 12.7. The van der Waals surface area contributed by atoms with Gasteiger partial charge in [0.1, 0.15) is 11.3 Å². The first kappa shape index (κ1) is 22.0. The Bertz CT molecular complexity index is 1290. The van der Waals surface area contributed by atoms with Crippen LogP contribution in [0.2, 0.25) is 10.0 Å². The van der Waals surface area contributed by atoms with Crippen molar-refractivity contribution < 1.29 is 13.9 Å². The van der Waals surface area contributed by atoms with Gasteiger partial charge in [0, 0.05) is 44.4 Å². The van der Waals surface area contributed by atoms with Crippen molar-refractivity contribution in [2.24, 2.45) is 0 Å². The van der Waals surface area contributed by atoms with Crippen molar-refractivity contribution in [1.29, 1.82) is 0 Å². The van der Waals surface area contributed by atoms with E-state index in [4.69, 9.17) is 32.4 Å². The van der Waals surface area contributed by atoms with Crippen LogP contribution in [0.25, 0.3) is 27.7 Å². The number of hydrogen-bond donors (Lipinski definition) is 1. The molecule has 1 N–H and O–H groups in total. The van der Waals surface area contributed by atoms with E-state index in [0.29, 0.717) is 28.1 Å². The van der Waals surface area contributed by atoms with E-state index < -0.39 is 0 Å². The standard InChI is InChI=1S/C26H21Cl2NO3/c1-3-31-24-14-25-22(23(15-32-25)17-7-5-4-6-8-17)13-21(24)16(2)9-26(30)29-20-11-18(27)10-19(28)12-20/h4-15H,3H2,1-2H3,(H,29,30)/b16-9+. The van der Waals surface area contributed by atoms with E-state index in [1.807, 2.05) is 56.3 Å². The summed E-state index contributed by atoms with van der Waals surface area (Å²) < 4.78 is 11.6. The average Bonchev–Trinajstić information content (AvgIpc) is 3.16. The van der Waals surface area contributed by atoms with E-state index in [0.717, 1.165) is 33.2 Å². The highest BCUT2D eigenvalue weighted by atomic mass is 35.5. The van der Waals surface area contributed by atoms with Gasteiger partial charge < -0.3 is 14.5 Å². The average molecular weight is 466 g/mol. The van der Waals surface area contributed by atoms with Crippen LogP contribution in [-0.4, -0.2) is 12.5 Å². The summed E-state index contributed by atoms with van der Waals surface area (Å²) in [5, 5.41) is 4.65. The first-order chi connectivity index (χ1) is 15.4. The van der Waals surface area contributed by atoms with Crippen molar-refractivity contribution in [3.8, 4) is 16.9 Å². The number of carbonyl (C=O) groups excluding carboxylic acids is 1. The summed E-state index contributed by atoms with van der Waals surface area (Å²) in [7, 11) is 0. The zero-order chi connectivity index (χ0) is 22.7. The molecular weight excluding hydrogens is 445 g/mol. The fraction of sp³-hybridized carbons (Fsp3) is 0.115. The molecule has 32 heavy (non-hydrogen) atoms. The molecule has 0 fully saturated rings. The minimum atomic E-state index is -0.293. The normalized spacial score (nSPS) is 11.6. The van der Waals surface area contributed by atoms with Crippen LogP contribution in [-0.2, 0) is 4.79 Å². The summed E-state index contributed by atoms with van der Waals surface area (Å²) in [6.07, 6.45) is 3.27. The van der Waals surface area contributed by atoms with Crippen LogP contribution in [0.4, 0.5) is 5.69 Å². The molecule has 4 nitrogen and oxygen atoms in total. The van der Waals surface area contributed by atoms with Crippen LogP contribution in [0.15, 0.2) is 77.4 Å². The molecule has 0 aliphatic rings. The molecule has 0 saturated heterocycles. The maximum Gasteiger partial charge on any atom is 0.248 e. The minimum absolute atomic E-state index is 0.293. The predicted molar refractivity (Wildman–Crippen MR) is 132 cm³/mol. The molecule has 1 amide bonds. The van der Waals surface area contributed by atoms with Gasteiger partial charge in [-0.15, -0.1) is 0 Å². The van der Waals surface area contributed by atoms with E-state index in [1.165, 1.54) is 6.08 Å².